The van der Waals surface area contributed by atoms with Crippen LogP contribution in [0.2, 0.25) is 0 Å². The third-order valence-electron chi connectivity index (χ3n) is 7.09. The maximum Gasteiger partial charge on any atom is 0.336 e. The number of hydrogen-bond donors (Lipinski definition) is 0. The zero-order valence-corrected chi connectivity index (χ0v) is 21.9. The standard InChI is InChI=1S/C30H34FN3O4/c1-3-38-30(37)29-22(2)34(27(35)20-25(29)24-13-7-8-14-26(24)31)21-28(36)33-18-16-32(17-19-33)15-9-12-23-10-5-4-6-11-23/h4-14,25H,3,15-21H2,1-2H3/b12-9+. The first-order valence-electron chi connectivity index (χ1n) is 13.0. The van der Waals surface area contributed by atoms with Crippen molar-refractivity contribution in [3.8, 4) is 0 Å². The molecule has 0 N–H and O–H groups in total. The van der Waals surface area contributed by atoms with Gasteiger partial charge in [-0.15, -0.1) is 0 Å². The summed E-state index contributed by atoms with van der Waals surface area (Å²) in [4.78, 5) is 44.6. The molecule has 0 saturated carbocycles. The summed E-state index contributed by atoms with van der Waals surface area (Å²) >= 11 is 0. The Labute approximate surface area is 223 Å². The van der Waals surface area contributed by atoms with Crippen LogP contribution in [0.4, 0.5) is 4.39 Å². The van der Waals surface area contributed by atoms with Crippen molar-refractivity contribution in [1.82, 2.24) is 14.7 Å². The predicted octanol–water partition coefficient (Wildman–Crippen LogP) is 3.84. The number of rotatable bonds is 8. The van der Waals surface area contributed by atoms with Crippen molar-refractivity contribution in [2.75, 3.05) is 45.9 Å². The molecule has 0 radical (unpaired) electrons. The smallest absolute Gasteiger partial charge is 0.336 e. The van der Waals surface area contributed by atoms with Crippen LogP contribution in [0.15, 0.2) is 71.9 Å². The molecule has 1 atom stereocenters. The van der Waals surface area contributed by atoms with Crippen LogP contribution in [-0.2, 0) is 19.1 Å². The van der Waals surface area contributed by atoms with Crippen LogP contribution in [0.1, 0.15) is 37.3 Å². The summed E-state index contributed by atoms with van der Waals surface area (Å²) in [5, 5.41) is 0. The Morgan fingerprint density at radius 2 is 1.71 bits per heavy atom. The lowest BCUT2D eigenvalue weighted by Gasteiger charge is -2.37. The van der Waals surface area contributed by atoms with Crippen LogP contribution in [-0.4, -0.2) is 78.4 Å². The van der Waals surface area contributed by atoms with Crippen molar-refractivity contribution in [3.63, 3.8) is 0 Å². The van der Waals surface area contributed by atoms with E-state index in [0.29, 0.717) is 18.8 Å². The number of benzene rings is 2. The van der Waals surface area contributed by atoms with Gasteiger partial charge in [0.1, 0.15) is 12.4 Å². The molecule has 1 unspecified atom stereocenters. The van der Waals surface area contributed by atoms with Crippen molar-refractivity contribution in [3.05, 3.63) is 88.9 Å². The fourth-order valence-corrected chi connectivity index (χ4v) is 5.02. The summed E-state index contributed by atoms with van der Waals surface area (Å²) in [6.45, 7) is 6.69. The average molecular weight is 520 g/mol. The van der Waals surface area contributed by atoms with Gasteiger partial charge in [0.2, 0.25) is 11.8 Å². The summed E-state index contributed by atoms with van der Waals surface area (Å²) in [6, 6.07) is 16.2. The molecule has 4 rings (SSSR count). The number of piperazine rings is 1. The van der Waals surface area contributed by atoms with Gasteiger partial charge in [-0.05, 0) is 31.0 Å². The van der Waals surface area contributed by atoms with Crippen molar-refractivity contribution in [1.29, 1.82) is 0 Å². The van der Waals surface area contributed by atoms with Gasteiger partial charge in [0, 0.05) is 50.8 Å². The monoisotopic (exact) mass is 519 g/mol. The highest BCUT2D eigenvalue weighted by Gasteiger charge is 2.39. The van der Waals surface area contributed by atoms with Crippen LogP contribution in [0, 0.1) is 5.82 Å². The Morgan fingerprint density at radius 3 is 2.39 bits per heavy atom. The minimum atomic E-state index is -0.762. The molecule has 1 saturated heterocycles. The van der Waals surface area contributed by atoms with E-state index >= 15 is 0 Å². The second kappa shape index (κ2) is 12.6. The molecule has 2 amide bonds. The molecule has 0 aromatic heterocycles. The Morgan fingerprint density at radius 1 is 1.03 bits per heavy atom. The molecule has 8 heteroatoms. The second-order valence-electron chi connectivity index (χ2n) is 9.47. The van der Waals surface area contributed by atoms with Gasteiger partial charge in [0.15, 0.2) is 0 Å². The fraction of sp³-hybridized carbons (Fsp3) is 0.367. The Kier molecular flexibility index (Phi) is 9.07. The molecule has 2 aliphatic rings. The number of carbonyl (C=O) groups excluding carboxylic acids is 3. The van der Waals surface area contributed by atoms with Crippen LogP contribution in [0.25, 0.3) is 6.08 Å². The van der Waals surface area contributed by atoms with E-state index < -0.39 is 17.7 Å². The van der Waals surface area contributed by atoms with Gasteiger partial charge in [-0.25, -0.2) is 9.18 Å². The minimum Gasteiger partial charge on any atom is -0.463 e. The molecular formula is C30H34FN3O4. The van der Waals surface area contributed by atoms with Crippen LogP contribution in [0.3, 0.4) is 0 Å². The van der Waals surface area contributed by atoms with E-state index in [2.05, 4.69) is 29.2 Å². The number of carbonyl (C=O) groups is 3. The zero-order chi connectivity index (χ0) is 27.1. The maximum absolute atomic E-state index is 14.6. The van der Waals surface area contributed by atoms with Crippen molar-refractivity contribution < 1.29 is 23.5 Å². The number of halogens is 1. The van der Waals surface area contributed by atoms with E-state index in [1.54, 1.807) is 36.9 Å². The lowest BCUT2D eigenvalue weighted by molar-refractivity contribution is -0.143. The lowest BCUT2D eigenvalue weighted by atomic mass is 9.83. The highest BCUT2D eigenvalue weighted by Crippen LogP contribution is 2.38. The highest BCUT2D eigenvalue weighted by atomic mass is 19.1. The molecule has 0 spiro atoms. The first-order valence-corrected chi connectivity index (χ1v) is 13.0. The van der Waals surface area contributed by atoms with Crippen LogP contribution >= 0.6 is 0 Å². The quantitative estimate of drug-likeness (QED) is 0.496. The van der Waals surface area contributed by atoms with Gasteiger partial charge in [-0.2, -0.15) is 0 Å². The lowest BCUT2D eigenvalue weighted by Crippen LogP contribution is -2.52. The third kappa shape index (κ3) is 6.37. The van der Waals surface area contributed by atoms with E-state index in [9.17, 15) is 18.8 Å². The SMILES string of the molecule is CCOC(=O)C1=C(C)N(CC(=O)N2CCN(C/C=C/c3ccccc3)CC2)C(=O)CC1c1ccccc1F. The molecule has 2 aromatic rings. The van der Waals surface area contributed by atoms with Gasteiger partial charge in [-0.3, -0.25) is 14.5 Å². The van der Waals surface area contributed by atoms with Crippen LogP contribution in [0.5, 0.6) is 0 Å². The van der Waals surface area contributed by atoms with Gasteiger partial charge in [0.05, 0.1) is 12.2 Å². The normalized spacial score (nSPS) is 18.8. The first-order chi connectivity index (χ1) is 18.4. The average Bonchev–Trinajstić information content (AvgIpc) is 2.92. The fourth-order valence-electron chi connectivity index (χ4n) is 5.02. The highest BCUT2D eigenvalue weighted by molar-refractivity contribution is 5.97. The summed E-state index contributed by atoms with van der Waals surface area (Å²) in [6.07, 6.45) is 4.10. The van der Waals surface area contributed by atoms with Gasteiger partial charge in [0.25, 0.3) is 0 Å². The zero-order valence-electron chi connectivity index (χ0n) is 21.9. The Hall–Kier alpha value is -3.78. The van der Waals surface area contributed by atoms with E-state index in [0.717, 1.165) is 25.2 Å². The van der Waals surface area contributed by atoms with E-state index in [4.69, 9.17) is 4.74 Å². The van der Waals surface area contributed by atoms with E-state index in [1.807, 2.05) is 18.2 Å². The molecule has 200 valence electrons. The summed E-state index contributed by atoms with van der Waals surface area (Å²) < 4.78 is 19.9. The molecule has 7 nitrogen and oxygen atoms in total. The first kappa shape index (κ1) is 27.3. The number of ether oxygens (including phenoxy) is 1. The molecule has 2 heterocycles. The molecular weight excluding hydrogens is 485 g/mol. The van der Waals surface area contributed by atoms with Crippen molar-refractivity contribution in [2.45, 2.75) is 26.2 Å². The maximum atomic E-state index is 14.6. The van der Waals surface area contributed by atoms with Crippen LogP contribution < -0.4 is 0 Å². The van der Waals surface area contributed by atoms with E-state index in [1.165, 1.54) is 11.0 Å². The number of esters is 1. The molecule has 38 heavy (non-hydrogen) atoms. The largest absolute Gasteiger partial charge is 0.463 e. The third-order valence-corrected chi connectivity index (χ3v) is 7.09. The van der Waals surface area contributed by atoms with Gasteiger partial charge in [-0.1, -0.05) is 60.7 Å². The predicted molar refractivity (Wildman–Crippen MR) is 143 cm³/mol. The summed E-state index contributed by atoms with van der Waals surface area (Å²) in [5.74, 6) is -2.34. The van der Waals surface area contributed by atoms with Gasteiger partial charge < -0.3 is 14.5 Å². The molecule has 2 aromatic carbocycles. The van der Waals surface area contributed by atoms with Crippen molar-refractivity contribution in [2.24, 2.45) is 0 Å². The number of allylic oxidation sites excluding steroid dienone is 1. The number of nitrogens with zero attached hydrogens (tertiary/aromatic N) is 3. The Bertz CT molecular complexity index is 1220. The van der Waals surface area contributed by atoms with Gasteiger partial charge >= 0.3 is 5.97 Å². The van der Waals surface area contributed by atoms with E-state index in [-0.39, 0.29) is 42.5 Å². The molecule has 0 bridgehead atoms. The molecule has 1 fully saturated rings. The summed E-state index contributed by atoms with van der Waals surface area (Å²) in [5.41, 5.74) is 1.98. The van der Waals surface area contributed by atoms with Crippen molar-refractivity contribution >= 4 is 23.9 Å². The minimum absolute atomic E-state index is 0.110. The Balaban J connectivity index is 1.42. The number of amides is 2. The topological polar surface area (TPSA) is 70.2 Å². The molecule has 2 aliphatic heterocycles. The second-order valence-corrected chi connectivity index (χ2v) is 9.47. The number of hydrogen-bond acceptors (Lipinski definition) is 5. The summed E-state index contributed by atoms with van der Waals surface area (Å²) in [7, 11) is 0. The molecule has 0 aliphatic carbocycles.